The minimum atomic E-state index is -0.351. The van der Waals surface area contributed by atoms with E-state index in [-0.39, 0.29) is 5.91 Å². The van der Waals surface area contributed by atoms with Gasteiger partial charge in [-0.1, -0.05) is 12.1 Å². The predicted molar refractivity (Wildman–Crippen MR) is 66.2 cm³/mol. The summed E-state index contributed by atoms with van der Waals surface area (Å²) in [7, 11) is 1.55. The molecule has 1 N–H and O–H groups in total. The lowest BCUT2D eigenvalue weighted by molar-refractivity contribution is -0.129. The molecule has 94 valence electrons. The van der Waals surface area contributed by atoms with Gasteiger partial charge in [0.1, 0.15) is 0 Å². The van der Waals surface area contributed by atoms with Crippen molar-refractivity contribution < 1.29 is 14.4 Å². The zero-order chi connectivity index (χ0) is 13.2. The Bertz CT molecular complexity index is 446. The van der Waals surface area contributed by atoms with Crippen molar-refractivity contribution in [2.24, 2.45) is 0 Å². The molecule has 1 rings (SSSR count). The molecular weight excluding hydrogens is 232 g/mol. The second kappa shape index (κ2) is 8.01. The fraction of sp³-hybridized carbons (Fsp3) is 0.231. The number of carbonyl (C=O) groups is 1. The molecule has 0 heterocycles. The van der Waals surface area contributed by atoms with Crippen LogP contribution < -0.4 is 5.48 Å². The van der Waals surface area contributed by atoms with Crippen LogP contribution in [0.15, 0.2) is 30.3 Å². The van der Waals surface area contributed by atoms with Gasteiger partial charge in [-0.25, -0.2) is 5.48 Å². The Morgan fingerprint density at radius 3 is 2.72 bits per heavy atom. The summed E-state index contributed by atoms with van der Waals surface area (Å²) in [5, 5.41) is 8.63. The molecule has 0 spiro atoms. The van der Waals surface area contributed by atoms with Crippen molar-refractivity contribution in [1.82, 2.24) is 5.48 Å². The number of hydrogen-bond acceptors (Lipinski definition) is 4. The SMILES string of the molecule is COCCONC(=O)/C=C/c1ccc(C#N)cc1. The molecule has 1 aromatic rings. The highest BCUT2D eigenvalue weighted by atomic mass is 16.7. The zero-order valence-corrected chi connectivity index (χ0v) is 10.1. The van der Waals surface area contributed by atoms with Crippen molar-refractivity contribution in [3.63, 3.8) is 0 Å². The van der Waals surface area contributed by atoms with E-state index in [0.717, 1.165) is 5.56 Å². The largest absolute Gasteiger partial charge is 0.382 e. The van der Waals surface area contributed by atoms with Gasteiger partial charge in [0, 0.05) is 13.2 Å². The summed E-state index contributed by atoms with van der Waals surface area (Å²) in [6.45, 7) is 0.715. The van der Waals surface area contributed by atoms with Gasteiger partial charge in [-0.15, -0.1) is 0 Å². The Kier molecular flexibility index (Phi) is 6.19. The lowest BCUT2D eigenvalue weighted by atomic mass is 10.1. The van der Waals surface area contributed by atoms with E-state index < -0.39 is 0 Å². The molecule has 0 saturated carbocycles. The third kappa shape index (κ3) is 5.25. The van der Waals surface area contributed by atoms with E-state index in [9.17, 15) is 4.79 Å². The molecule has 5 nitrogen and oxygen atoms in total. The van der Waals surface area contributed by atoms with Crippen LogP contribution in [0.1, 0.15) is 11.1 Å². The number of amides is 1. The lowest BCUT2D eigenvalue weighted by Gasteiger charge is -2.01. The van der Waals surface area contributed by atoms with Gasteiger partial charge in [-0.05, 0) is 23.8 Å². The maximum Gasteiger partial charge on any atom is 0.267 e. The van der Waals surface area contributed by atoms with Crippen LogP contribution in [0.5, 0.6) is 0 Å². The fourth-order valence-electron chi connectivity index (χ4n) is 1.12. The third-order valence-electron chi connectivity index (χ3n) is 2.03. The minimum absolute atomic E-state index is 0.299. The van der Waals surface area contributed by atoms with Gasteiger partial charge in [0.05, 0.1) is 24.8 Å². The van der Waals surface area contributed by atoms with Gasteiger partial charge in [-0.3, -0.25) is 9.63 Å². The molecule has 0 aromatic heterocycles. The number of hydroxylamine groups is 1. The summed E-state index contributed by atoms with van der Waals surface area (Å²) in [6, 6.07) is 8.91. The average Bonchev–Trinajstić information content (AvgIpc) is 2.42. The molecule has 0 unspecified atom stereocenters. The van der Waals surface area contributed by atoms with Gasteiger partial charge in [0.2, 0.25) is 0 Å². The number of nitrogens with zero attached hydrogens (tertiary/aromatic N) is 1. The summed E-state index contributed by atoms with van der Waals surface area (Å²) in [6.07, 6.45) is 2.99. The van der Waals surface area contributed by atoms with E-state index in [1.165, 1.54) is 6.08 Å². The van der Waals surface area contributed by atoms with Gasteiger partial charge in [0.15, 0.2) is 0 Å². The van der Waals surface area contributed by atoms with E-state index in [4.69, 9.17) is 14.8 Å². The van der Waals surface area contributed by atoms with Gasteiger partial charge < -0.3 is 4.74 Å². The Balaban J connectivity index is 2.38. The lowest BCUT2D eigenvalue weighted by Crippen LogP contribution is -2.23. The van der Waals surface area contributed by atoms with Crippen molar-refractivity contribution in [1.29, 1.82) is 5.26 Å². The number of hydrogen-bond donors (Lipinski definition) is 1. The highest BCUT2D eigenvalue weighted by molar-refractivity contribution is 5.90. The Morgan fingerprint density at radius 1 is 1.39 bits per heavy atom. The van der Waals surface area contributed by atoms with E-state index in [1.54, 1.807) is 37.5 Å². The monoisotopic (exact) mass is 246 g/mol. The quantitative estimate of drug-likeness (QED) is 0.466. The van der Waals surface area contributed by atoms with Gasteiger partial charge in [-0.2, -0.15) is 5.26 Å². The maximum absolute atomic E-state index is 11.3. The molecule has 0 saturated heterocycles. The number of nitriles is 1. The van der Waals surface area contributed by atoms with Crippen LogP contribution in [0.4, 0.5) is 0 Å². The van der Waals surface area contributed by atoms with E-state index in [1.807, 2.05) is 6.07 Å². The molecule has 1 aromatic carbocycles. The van der Waals surface area contributed by atoms with Crippen molar-refractivity contribution in [2.75, 3.05) is 20.3 Å². The minimum Gasteiger partial charge on any atom is -0.382 e. The number of benzene rings is 1. The molecule has 18 heavy (non-hydrogen) atoms. The topological polar surface area (TPSA) is 71.3 Å². The van der Waals surface area contributed by atoms with Gasteiger partial charge >= 0.3 is 0 Å². The Labute approximate surface area is 106 Å². The number of methoxy groups -OCH3 is 1. The van der Waals surface area contributed by atoms with Crippen LogP contribution in [0.3, 0.4) is 0 Å². The number of rotatable bonds is 6. The van der Waals surface area contributed by atoms with Crippen molar-refractivity contribution in [3.05, 3.63) is 41.5 Å². The fourth-order valence-corrected chi connectivity index (χ4v) is 1.12. The molecule has 0 atom stereocenters. The van der Waals surface area contributed by atoms with Crippen LogP contribution in [-0.2, 0) is 14.4 Å². The first-order valence-corrected chi connectivity index (χ1v) is 5.35. The third-order valence-corrected chi connectivity index (χ3v) is 2.03. The van der Waals surface area contributed by atoms with Crippen molar-refractivity contribution >= 4 is 12.0 Å². The van der Waals surface area contributed by atoms with E-state index in [2.05, 4.69) is 5.48 Å². The first-order chi connectivity index (χ1) is 8.76. The molecule has 0 aliphatic heterocycles. The molecule has 1 amide bonds. The highest BCUT2D eigenvalue weighted by Crippen LogP contribution is 2.04. The zero-order valence-electron chi connectivity index (χ0n) is 10.1. The molecular formula is C13H14N2O3. The predicted octanol–water partition coefficient (Wildman–Crippen LogP) is 1.27. The van der Waals surface area contributed by atoms with Crippen molar-refractivity contribution in [3.8, 4) is 6.07 Å². The smallest absolute Gasteiger partial charge is 0.267 e. The Hall–Kier alpha value is -2.16. The maximum atomic E-state index is 11.3. The van der Waals surface area contributed by atoms with Crippen LogP contribution in [-0.4, -0.2) is 26.2 Å². The molecule has 0 fully saturated rings. The first-order valence-electron chi connectivity index (χ1n) is 5.35. The number of ether oxygens (including phenoxy) is 1. The molecule has 0 radical (unpaired) electrons. The highest BCUT2D eigenvalue weighted by Gasteiger charge is 1.95. The number of carbonyl (C=O) groups excluding carboxylic acids is 1. The summed E-state index contributed by atoms with van der Waals surface area (Å²) in [4.78, 5) is 16.1. The summed E-state index contributed by atoms with van der Waals surface area (Å²) < 4.78 is 4.75. The van der Waals surface area contributed by atoms with Crippen LogP contribution in [0.2, 0.25) is 0 Å². The summed E-state index contributed by atoms with van der Waals surface area (Å²) in [5.74, 6) is -0.351. The van der Waals surface area contributed by atoms with Gasteiger partial charge in [0.25, 0.3) is 5.91 Å². The van der Waals surface area contributed by atoms with Crippen LogP contribution in [0.25, 0.3) is 6.08 Å². The van der Waals surface area contributed by atoms with E-state index >= 15 is 0 Å². The molecule has 0 aliphatic rings. The number of nitrogens with one attached hydrogen (secondary N) is 1. The molecule has 5 heteroatoms. The Morgan fingerprint density at radius 2 is 2.11 bits per heavy atom. The van der Waals surface area contributed by atoms with Crippen LogP contribution >= 0.6 is 0 Å². The second-order valence-electron chi connectivity index (χ2n) is 3.37. The normalized spacial score (nSPS) is 10.2. The van der Waals surface area contributed by atoms with Crippen LogP contribution in [0, 0.1) is 11.3 Å². The molecule has 0 bridgehead atoms. The summed E-state index contributed by atoms with van der Waals surface area (Å²) in [5.41, 5.74) is 3.67. The van der Waals surface area contributed by atoms with Crippen molar-refractivity contribution in [2.45, 2.75) is 0 Å². The first kappa shape index (κ1) is 13.9. The van der Waals surface area contributed by atoms with E-state index in [0.29, 0.717) is 18.8 Å². The summed E-state index contributed by atoms with van der Waals surface area (Å²) >= 11 is 0. The standard InChI is InChI=1S/C13H14N2O3/c1-17-8-9-18-15-13(16)7-6-11-2-4-12(10-14)5-3-11/h2-7H,8-9H2,1H3,(H,15,16)/b7-6+. The second-order valence-corrected chi connectivity index (χ2v) is 3.37. The average molecular weight is 246 g/mol. The molecule has 0 aliphatic carbocycles.